The van der Waals surface area contributed by atoms with Crippen LogP contribution in [0.5, 0.6) is 0 Å². The number of hydrogen-bond acceptors (Lipinski definition) is 6. The van der Waals surface area contributed by atoms with E-state index in [2.05, 4.69) is 57.2 Å². The first-order chi connectivity index (χ1) is 27.5. The lowest BCUT2D eigenvalue weighted by molar-refractivity contribution is -0.167. The van der Waals surface area contributed by atoms with Crippen molar-refractivity contribution < 1.29 is 28.6 Å². The van der Waals surface area contributed by atoms with Gasteiger partial charge < -0.3 is 14.2 Å². The molecule has 0 spiro atoms. The zero-order valence-electron chi connectivity index (χ0n) is 37.2. The largest absolute Gasteiger partial charge is 0.462 e. The summed E-state index contributed by atoms with van der Waals surface area (Å²) in [5.74, 6) is -0.927. The SMILES string of the molecule is CC/C=C\C/C=C\CCCCC(=O)OCC(COC(=O)CCCCCCC/C=C\CCCCCCCCCCC)OC(=O)CCCCCCCCCCCCC. The highest BCUT2D eigenvalue weighted by atomic mass is 16.6. The van der Waals surface area contributed by atoms with Gasteiger partial charge in [-0.05, 0) is 70.6 Å². The zero-order chi connectivity index (χ0) is 40.8. The van der Waals surface area contributed by atoms with Crippen LogP contribution < -0.4 is 0 Å². The molecular formula is C50H90O6. The Morgan fingerprint density at radius 2 is 0.696 bits per heavy atom. The molecule has 0 aromatic heterocycles. The molecule has 0 aromatic rings. The molecule has 0 aliphatic carbocycles. The minimum absolute atomic E-state index is 0.0846. The summed E-state index contributed by atoms with van der Waals surface area (Å²) in [6.07, 6.45) is 51.4. The number of hydrogen-bond donors (Lipinski definition) is 0. The van der Waals surface area contributed by atoms with Crippen LogP contribution in [-0.4, -0.2) is 37.2 Å². The Bertz CT molecular complexity index is 953. The van der Waals surface area contributed by atoms with Gasteiger partial charge in [-0.3, -0.25) is 14.4 Å². The fourth-order valence-corrected chi connectivity index (χ4v) is 6.77. The highest BCUT2D eigenvalue weighted by Crippen LogP contribution is 2.15. The summed E-state index contributed by atoms with van der Waals surface area (Å²) in [5, 5.41) is 0. The molecule has 0 aliphatic heterocycles. The van der Waals surface area contributed by atoms with Crippen LogP contribution in [0.2, 0.25) is 0 Å². The molecule has 1 atom stereocenters. The molecule has 0 heterocycles. The first kappa shape index (κ1) is 53.6. The van der Waals surface area contributed by atoms with E-state index in [1.165, 1.54) is 128 Å². The van der Waals surface area contributed by atoms with Crippen molar-refractivity contribution in [2.75, 3.05) is 13.2 Å². The Kier molecular flexibility index (Phi) is 43.4. The van der Waals surface area contributed by atoms with Crippen molar-refractivity contribution in [1.82, 2.24) is 0 Å². The lowest BCUT2D eigenvalue weighted by Crippen LogP contribution is -2.30. The fourth-order valence-electron chi connectivity index (χ4n) is 6.77. The van der Waals surface area contributed by atoms with Gasteiger partial charge in [0.25, 0.3) is 0 Å². The lowest BCUT2D eigenvalue weighted by Gasteiger charge is -2.18. The summed E-state index contributed by atoms with van der Waals surface area (Å²) in [7, 11) is 0. The molecule has 6 nitrogen and oxygen atoms in total. The smallest absolute Gasteiger partial charge is 0.306 e. The number of esters is 3. The van der Waals surface area contributed by atoms with E-state index in [4.69, 9.17) is 14.2 Å². The fraction of sp³-hybridized carbons (Fsp3) is 0.820. The summed E-state index contributed by atoms with van der Waals surface area (Å²) in [6.45, 7) is 6.47. The van der Waals surface area contributed by atoms with E-state index in [0.29, 0.717) is 19.3 Å². The van der Waals surface area contributed by atoms with Gasteiger partial charge in [0, 0.05) is 19.3 Å². The van der Waals surface area contributed by atoms with Gasteiger partial charge in [0.1, 0.15) is 13.2 Å². The second-order valence-electron chi connectivity index (χ2n) is 16.0. The van der Waals surface area contributed by atoms with Crippen molar-refractivity contribution in [3.05, 3.63) is 36.5 Å². The highest BCUT2D eigenvalue weighted by Gasteiger charge is 2.19. The van der Waals surface area contributed by atoms with Crippen LogP contribution in [0.4, 0.5) is 0 Å². The van der Waals surface area contributed by atoms with E-state index in [-0.39, 0.29) is 31.1 Å². The first-order valence-corrected chi connectivity index (χ1v) is 24.0. The number of allylic oxidation sites excluding steroid dienone is 6. The monoisotopic (exact) mass is 787 g/mol. The molecule has 0 amide bonds. The van der Waals surface area contributed by atoms with Crippen molar-refractivity contribution >= 4 is 17.9 Å². The van der Waals surface area contributed by atoms with Gasteiger partial charge in [0.05, 0.1) is 0 Å². The van der Waals surface area contributed by atoms with Crippen molar-refractivity contribution in [3.8, 4) is 0 Å². The predicted molar refractivity (Wildman–Crippen MR) is 238 cm³/mol. The van der Waals surface area contributed by atoms with E-state index in [1.807, 2.05) is 0 Å². The molecule has 0 saturated heterocycles. The number of carbonyl (C=O) groups excluding carboxylic acids is 3. The summed E-state index contributed by atoms with van der Waals surface area (Å²) in [5.41, 5.74) is 0. The zero-order valence-corrected chi connectivity index (χ0v) is 37.2. The Morgan fingerprint density at radius 3 is 1.12 bits per heavy atom. The summed E-state index contributed by atoms with van der Waals surface area (Å²) >= 11 is 0. The minimum atomic E-state index is -0.782. The Labute approximate surface area is 346 Å². The standard InChI is InChI=1S/C50H90O6/c1-4-7-10-13-16-19-21-22-23-24-25-26-27-29-31-34-37-40-43-49(52)55-46-47(45-54-48(51)42-39-36-33-30-18-15-12-9-6-3)56-50(53)44-41-38-35-32-28-20-17-14-11-8-5-2/h9,12,18,25-26,30,47H,4-8,10-11,13-17,19-24,27-29,31-46H2,1-3H3/b12-9-,26-25-,30-18-. The third kappa shape index (κ3) is 42.8. The lowest BCUT2D eigenvalue weighted by atomic mass is 10.1. The molecule has 6 heteroatoms. The maximum Gasteiger partial charge on any atom is 0.306 e. The summed E-state index contributed by atoms with van der Waals surface area (Å²) in [6, 6.07) is 0. The van der Waals surface area contributed by atoms with E-state index in [0.717, 1.165) is 77.0 Å². The first-order valence-electron chi connectivity index (χ1n) is 24.0. The molecule has 0 aliphatic rings. The Hall–Kier alpha value is -2.37. The molecular weight excluding hydrogens is 697 g/mol. The molecule has 0 saturated carbocycles. The average molecular weight is 787 g/mol. The van der Waals surface area contributed by atoms with Gasteiger partial charge in [-0.1, -0.05) is 192 Å². The molecule has 0 aromatic carbocycles. The van der Waals surface area contributed by atoms with Gasteiger partial charge in [-0.15, -0.1) is 0 Å². The van der Waals surface area contributed by atoms with Crippen LogP contribution in [0.1, 0.15) is 245 Å². The van der Waals surface area contributed by atoms with Crippen molar-refractivity contribution in [2.45, 2.75) is 252 Å². The maximum absolute atomic E-state index is 12.7. The van der Waals surface area contributed by atoms with E-state index < -0.39 is 6.10 Å². The van der Waals surface area contributed by atoms with Crippen molar-refractivity contribution in [3.63, 3.8) is 0 Å². The second kappa shape index (κ2) is 45.3. The summed E-state index contributed by atoms with van der Waals surface area (Å²) < 4.78 is 16.7. The topological polar surface area (TPSA) is 78.9 Å². The molecule has 0 radical (unpaired) electrons. The van der Waals surface area contributed by atoms with Crippen LogP contribution in [0.15, 0.2) is 36.5 Å². The van der Waals surface area contributed by atoms with Gasteiger partial charge in [-0.25, -0.2) is 0 Å². The highest BCUT2D eigenvalue weighted by molar-refractivity contribution is 5.71. The predicted octanol–water partition coefficient (Wildman–Crippen LogP) is 15.4. The maximum atomic E-state index is 12.7. The summed E-state index contributed by atoms with van der Waals surface area (Å²) in [4.78, 5) is 37.7. The van der Waals surface area contributed by atoms with Gasteiger partial charge >= 0.3 is 17.9 Å². The number of unbranched alkanes of at least 4 members (excludes halogenated alkanes) is 26. The molecule has 1 unspecified atom stereocenters. The molecule has 326 valence electrons. The van der Waals surface area contributed by atoms with E-state index >= 15 is 0 Å². The van der Waals surface area contributed by atoms with Crippen LogP contribution in [0.25, 0.3) is 0 Å². The number of ether oxygens (including phenoxy) is 3. The third-order valence-electron chi connectivity index (χ3n) is 10.4. The molecule has 56 heavy (non-hydrogen) atoms. The van der Waals surface area contributed by atoms with Crippen LogP contribution in [0.3, 0.4) is 0 Å². The van der Waals surface area contributed by atoms with E-state index in [1.54, 1.807) is 0 Å². The second-order valence-corrected chi connectivity index (χ2v) is 16.0. The third-order valence-corrected chi connectivity index (χ3v) is 10.4. The normalized spacial score (nSPS) is 12.3. The quantitative estimate of drug-likeness (QED) is 0.0265. The minimum Gasteiger partial charge on any atom is -0.462 e. The van der Waals surface area contributed by atoms with Crippen LogP contribution >= 0.6 is 0 Å². The molecule has 0 rings (SSSR count). The van der Waals surface area contributed by atoms with Crippen molar-refractivity contribution in [2.24, 2.45) is 0 Å². The number of carbonyl (C=O) groups is 3. The van der Waals surface area contributed by atoms with Gasteiger partial charge in [0.15, 0.2) is 6.10 Å². The van der Waals surface area contributed by atoms with Gasteiger partial charge in [0.2, 0.25) is 0 Å². The van der Waals surface area contributed by atoms with Crippen LogP contribution in [0, 0.1) is 0 Å². The Balaban J connectivity index is 4.30. The van der Waals surface area contributed by atoms with Crippen LogP contribution in [-0.2, 0) is 28.6 Å². The van der Waals surface area contributed by atoms with Gasteiger partial charge in [-0.2, -0.15) is 0 Å². The molecule has 0 N–H and O–H groups in total. The molecule has 0 bridgehead atoms. The van der Waals surface area contributed by atoms with Crippen molar-refractivity contribution in [1.29, 1.82) is 0 Å². The van der Waals surface area contributed by atoms with E-state index in [9.17, 15) is 14.4 Å². The molecule has 0 fully saturated rings. The Morgan fingerprint density at radius 1 is 0.375 bits per heavy atom. The number of rotatable bonds is 43. The average Bonchev–Trinajstić information content (AvgIpc) is 3.19.